The maximum Gasteiger partial charge on any atom is 0.0155 e. The fourth-order valence-electron chi connectivity index (χ4n) is 2.12. The smallest absolute Gasteiger partial charge is 0.0155 e. The van der Waals surface area contributed by atoms with Gasteiger partial charge < -0.3 is 10.6 Å². The summed E-state index contributed by atoms with van der Waals surface area (Å²) >= 11 is 0. The van der Waals surface area contributed by atoms with Crippen molar-refractivity contribution in [1.29, 1.82) is 0 Å². The Labute approximate surface area is 76.1 Å². The van der Waals surface area contributed by atoms with Gasteiger partial charge in [-0.1, -0.05) is 20.8 Å². The van der Waals surface area contributed by atoms with Crippen molar-refractivity contribution in [1.82, 2.24) is 4.90 Å². The molecule has 1 heterocycles. The van der Waals surface area contributed by atoms with Crippen molar-refractivity contribution in [3.63, 3.8) is 0 Å². The largest absolute Gasteiger partial charge is 0.328 e. The van der Waals surface area contributed by atoms with Crippen LogP contribution in [0, 0.1) is 5.41 Å². The molecule has 0 amide bonds. The summed E-state index contributed by atoms with van der Waals surface area (Å²) in [6.45, 7) is 8.05. The molecule has 1 fully saturated rings. The lowest BCUT2D eigenvalue weighted by Crippen LogP contribution is -2.50. The monoisotopic (exact) mass is 170 g/mol. The third-order valence-electron chi connectivity index (χ3n) is 2.91. The molecular weight excluding hydrogens is 148 g/mol. The van der Waals surface area contributed by atoms with E-state index in [1.807, 2.05) is 0 Å². The highest BCUT2D eigenvalue weighted by Gasteiger charge is 2.32. The molecule has 12 heavy (non-hydrogen) atoms. The summed E-state index contributed by atoms with van der Waals surface area (Å²) < 4.78 is 0. The van der Waals surface area contributed by atoms with Crippen molar-refractivity contribution < 1.29 is 0 Å². The topological polar surface area (TPSA) is 29.3 Å². The van der Waals surface area contributed by atoms with Crippen LogP contribution in [0.3, 0.4) is 0 Å². The molecule has 2 heteroatoms. The second-order valence-electron chi connectivity index (χ2n) is 5.15. The van der Waals surface area contributed by atoms with E-state index in [9.17, 15) is 0 Å². The Morgan fingerprint density at radius 2 is 1.92 bits per heavy atom. The molecule has 1 aliphatic rings. The molecule has 2 unspecified atom stereocenters. The van der Waals surface area contributed by atoms with Gasteiger partial charge >= 0.3 is 0 Å². The third kappa shape index (κ3) is 2.20. The van der Waals surface area contributed by atoms with Crippen molar-refractivity contribution in [2.24, 2.45) is 11.1 Å². The zero-order valence-electron chi connectivity index (χ0n) is 8.80. The predicted molar refractivity (Wildman–Crippen MR) is 53.1 cm³/mol. The molecule has 0 aromatic rings. The number of piperidine rings is 1. The van der Waals surface area contributed by atoms with Crippen LogP contribution in [0.4, 0.5) is 0 Å². The number of hydrogen-bond acceptors (Lipinski definition) is 2. The van der Waals surface area contributed by atoms with Gasteiger partial charge in [-0.2, -0.15) is 0 Å². The number of nitrogens with two attached hydrogens (primary N) is 1. The van der Waals surface area contributed by atoms with Gasteiger partial charge in [0, 0.05) is 12.1 Å². The standard InChI is InChI=1S/C10H22N2/c1-10(2,3)9-7-8(11)5-6-12(9)4/h8-9H,5-7,11H2,1-4H3. The fraction of sp³-hybridized carbons (Fsp3) is 1.00. The van der Waals surface area contributed by atoms with E-state index < -0.39 is 0 Å². The molecule has 0 aromatic heterocycles. The van der Waals surface area contributed by atoms with Crippen molar-refractivity contribution in [2.45, 2.75) is 45.7 Å². The van der Waals surface area contributed by atoms with Gasteiger partial charge in [0.2, 0.25) is 0 Å². The minimum Gasteiger partial charge on any atom is -0.328 e. The van der Waals surface area contributed by atoms with Gasteiger partial charge in [0.05, 0.1) is 0 Å². The predicted octanol–water partition coefficient (Wildman–Crippen LogP) is 1.45. The van der Waals surface area contributed by atoms with Crippen LogP contribution >= 0.6 is 0 Å². The van der Waals surface area contributed by atoms with Gasteiger partial charge in [0.25, 0.3) is 0 Å². The summed E-state index contributed by atoms with van der Waals surface area (Å²) in [5.74, 6) is 0. The number of nitrogens with zero attached hydrogens (tertiary/aromatic N) is 1. The molecule has 0 spiro atoms. The average Bonchev–Trinajstić information content (AvgIpc) is 1.92. The van der Waals surface area contributed by atoms with Crippen LogP contribution in [0.15, 0.2) is 0 Å². The van der Waals surface area contributed by atoms with E-state index in [1.54, 1.807) is 0 Å². The summed E-state index contributed by atoms with van der Waals surface area (Å²) in [7, 11) is 2.21. The first-order valence-electron chi connectivity index (χ1n) is 4.87. The Bertz CT molecular complexity index is 148. The quantitative estimate of drug-likeness (QED) is 0.596. The van der Waals surface area contributed by atoms with E-state index in [0.717, 1.165) is 19.4 Å². The molecule has 1 saturated heterocycles. The summed E-state index contributed by atoms with van der Waals surface area (Å²) in [6, 6.07) is 1.08. The van der Waals surface area contributed by atoms with Gasteiger partial charge in [-0.25, -0.2) is 0 Å². The normalized spacial score (nSPS) is 33.8. The fourth-order valence-corrected chi connectivity index (χ4v) is 2.12. The molecular formula is C10H22N2. The number of rotatable bonds is 0. The highest BCUT2D eigenvalue weighted by atomic mass is 15.1. The zero-order chi connectivity index (χ0) is 9.35. The average molecular weight is 170 g/mol. The minimum absolute atomic E-state index is 0.368. The SMILES string of the molecule is CN1CCC(N)CC1C(C)(C)C. The Morgan fingerprint density at radius 1 is 1.33 bits per heavy atom. The van der Waals surface area contributed by atoms with Crippen molar-refractivity contribution in [2.75, 3.05) is 13.6 Å². The van der Waals surface area contributed by atoms with Gasteiger partial charge in [-0.3, -0.25) is 0 Å². The first kappa shape index (κ1) is 10.0. The second-order valence-corrected chi connectivity index (χ2v) is 5.15. The Balaban J connectivity index is 2.61. The number of hydrogen-bond donors (Lipinski definition) is 1. The Hall–Kier alpha value is -0.0800. The first-order chi connectivity index (χ1) is 5.41. The van der Waals surface area contributed by atoms with Gasteiger partial charge in [0.1, 0.15) is 0 Å². The lowest BCUT2D eigenvalue weighted by molar-refractivity contribution is 0.0788. The van der Waals surface area contributed by atoms with Crippen molar-refractivity contribution >= 4 is 0 Å². The van der Waals surface area contributed by atoms with Crippen LogP contribution in [-0.4, -0.2) is 30.6 Å². The van der Waals surface area contributed by atoms with Crippen molar-refractivity contribution in [3.05, 3.63) is 0 Å². The van der Waals surface area contributed by atoms with Gasteiger partial charge in [-0.15, -0.1) is 0 Å². The lowest BCUT2D eigenvalue weighted by Gasteiger charge is -2.43. The second kappa shape index (κ2) is 3.35. The summed E-state index contributed by atoms with van der Waals surface area (Å²) in [5.41, 5.74) is 6.33. The highest BCUT2D eigenvalue weighted by molar-refractivity contribution is 4.89. The maximum absolute atomic E-state index is 5.96. The third-order valence-corrected chi connectivity index (χ3v) is 2.91. The molecule has 0 saturated carbocycles. The van der Waals surface area contributed by atoms with E-state index in [-0.39, 0.29) is 0 Å². The summed E-state index contributed by atoms with van der Waals surface area (Å²) in [6.07, 6.45) is 2.31. The molecule has 72 valence electrons. The molecule has 0 bridgehead atoms. The van der Waals surface area contributed by atoms with Crippen LogP contribution in [0.1, 0.15) is 33.6 Å². The van der Waals surface area contributed by atoms with E-state index in [4.69, 9.17) is 5.73 Å². The molecule has 0 aromatic carbocycles. The molecule has 2 nitrogen and oxygen atoms in total. The highest BCUT2D eigenvalue weighted by Crippen LogP contribution is 2.30. The molecule has 0 radical (unpaired) electrons. The van der Waals surface area contributed by atoms with Crippen molar-refractivity contribution in [3.8, 4) is 0 Å². The molecule has 2 atom stereocenters. The Morgan fingerprint density at radius 3 is 2.33 bits per heavy atom. The van der Waals surface area contributed by atoms with Crippen LogP contribution < -0.4 is 5.73 Å². The van der Waals surface area contributed by atoms with Gasteiger partial charge in [0.15, 0.2) is 0 Å². The first-order valence-corrected chi connectivity index (χ1v) is 4.87. The van der Waals surface area contributed by atoms with Crippen LogP contribution in [0.2, 0.25) is 0 Å². The van der Waals surface area contributed by atoms with Gasteiger partial charge in [-0.05, 0) is 31.8 Å². The lowest BCUT2D eigenvalue weighted by atomic mass is 9.79. The van der Waals surface area contributed by atoms with E-state index >= 15 is 0 Å². The maximum atomic E-state index is 5.96. The van der Waals surface area contributed by atoms with Crippen LogP contribution in [-0.2, 0) is 0 Å². The zero-order valence-corrected chi connectivity index (χ0v) is 8.80. The molecule has 1 rings (SSSR count). The van der Waals surface area contributed by atoms with E-state index in [1.165, 1.54) is 0 Å². The minimum atomic E-state index is 0.368. The molecule has 0 aliphatic carbocycles. The van der Waals surface area contributed by atoms with Crippen LogP contribution in [0.25, 0.3) is 0 Å². The Kier molecular flexibility index (Phi) is 2.79. The van der Waals surface area contributed by atoms with E-state index in [0.29, 0.717) is 17.5 Å². The summed E-state index contributed by atoms with van der Waals surface area (Å²) in [5, 5.41) is 0. The summed E-state index contributed by atoms with van der Waals surface area (Å²) in [4.78, 5) is 2.45. The molecule has 1 aliphatic heterocycles. The van der Waals surface area contributed by atoms with E-state index in [2.05, 4.69) is 32.7 Å². The van der Waals surface area contributed by atoms with Crippen LogP contribution in [0.5, 0.6) is 0 Å². The number of likely N-dealkylation sites (tertiary alicyclic amines) is 1. The molecule has 2 N–H and O–H groups in total.